The van der Waals surface area contributed by atoms with Crippen LogP contribution in [0.1, 0.15) is 44.6 Å². The molecule has 2 nitrogen and oxygen atoms in total. The first-order valence-corrected chi connectivity index (χ1v) is 7.47. The molecule has 0 bridgehead atoms. The van der Waals surface area contributed by atoms with Crippen LogP contribution in [0.3, 0.4) is 0 Å². The van der Waals surface area contributed by atoms with Crippen LogP contribution < -0.4 is 5.32 Å². The molecule has 1 saturated carbocycles. The van der Waals surface area contributed by atoms with Gasteiger partial charge in [0.05, 0.1) is 15.7 Å². The number of hydrogen-bond donors (Lipinski definition) is 1. The zero-order valence-electron chi connectivity index (χ0n) is 11.1. The minimum absolute atomic E-state index is 0.244. The summed E-state index contributed by atoms with van der Waals surface area (Å²) in [4.78, 5) is 0. The number of benzene rings is 1. The second-order valence-electron chi connectivity index (χ2n) is 5.63. The van der Waals surface area contributed by atoms with Crippen molar-refractivity contribution in [2.45, 2.75) is 39.0 Å². The van der Waals surface area contributed by atoms with E-state index in [0.717, 1.165) is 6.54 Å². The molecular weight excluding hydrogens is 307 g/mol. The SMILES string of the molecule is CC1(CNc2ccc(C#N)c(Br)c2F)CCCCC1. The standard InChI is InChI=1S/C15H18BrFN2/c1-15(7-3-2-4-8-15)10-19-12-6-5-11(9-18)13(16)14(12)17/h5-6,19H,2-4,7-8,10H2,1H3. The average Bonchev–Trinajstić information content (AvgIpc) is 2.41. The number of rotatable bonds is 3. The van der Waals surface area contributed by atoms with Gasteiger partial charge in [-0.25, -0.2) is 4.39 Å². The molecule has 2 rings (SSSR count). The van der Waals surface area contributed by atoms with Gasteiger partial charge in [0.2, 0.25) is 0 Å². The Morgan fingerprint density at radius 1 is 1.37 bits per heavy atom. The van der Waals surface area contributed by atoms with E-state index in [0.29, 0.717) is 11.3 Å². The van der Waals surface area contributed by atoms with E-state index < -0.39 is 0 Å². The topological polar surface area (TPSA) is 35.8 Å². The van der Waals surface area contributed by atoms with Crippen LogP contribution in [0.2, 0.25) is 0 Å². The van der Waals surface area contributed by atoms with E-state index in [2.05, 4.69) is 28.2 Å². The lowest BCUT2D eigenvalue weighted by Crippen LogP contribution is -2.29. The zero-order chi connectivity index (χ0) is 13.9. The molecule has 0 atom stereocenters. The summed E-state index contributed by atoms with van der Waals surface area (Å²) in [5, 5.41) is 12.0. The summed E-state index contributed by atoms with van der Waals surface area (Å²) in [7, 11) is 0. The molecule has 1 aromatic carbocycles. The third kappa shape index (κ3) is 3.27. The zero-order valence-corrected chi connectivity index (χ0v) is 12.7. The molecule has 0 spiro atoms. The molecule has 1 N–H and O–H groups in total. The summed E-state index contributed by atoms with van der Waals surface area (Å²) in [6.07, 6.45) is 6.22. The largest absolute Gasteiger partial charge is 0.382 e. The Balaban J connectivity index is 2.08. The monoisotopic (exact) mass is 324 g/mol. The second kappa shape index (κ2) is 5.92. The van der Waals surface area contributed by atoms with Gasteiger partial charge in [-0.1, -0.05) is 26.2 Å². The summed E-state index contributed by atoms with van der Waals surface area (Å²) in [5.41, 5.74) is 1.05. The van der Waals surface area contributed by atoms with E-state index in [1.807, 2.05) is 6.07 Å². The van der Waals surface area contributed by atoms with Gasteiger partial charge in [-0.05, 0) is 46.3 Å². The summed E-state index contributed by atoms with van der Waals surface area (Å²) in [6, 6.07) is 5.24. The molecule has 1 aromatic rings. The lowest BCUT2D eigenvalue weighted by atomic mass is 9.76. The highest BCUT2D eigenvalue weighted by atomic mass is 79.9. The van der Waals surface area contributed by atoms with E-state index >= 15 is 0 Å². The normalized spacial score (nSPS) is 17.8. The Hall–Kier alpha value is -1.08. The lowest BCUT2D eigenvalue weighted by Gasteiger charge is -2.34. The fraction of sp³-hybridized carbons (Fsp3) is 0.533. The highest BCUT2D eigenvalue weighted by Crippen LogP contribution is 2.36. The van der Waals surface area contributed by atoms with Crippen molar-refractivity contribution >= 4 is 21.6 Å². The highest BCUT2D eigenvalue weighted by molar-refractivity contribution is 9.10. The lowest BCUT2D eigenvalue weighted by molar-refractivity contribution is 0.233. The van der Waals surface area contributed by atoms with Crippen LogP contribution in [0.25, 0.3) is 0 Å². The second-order valence-corrected chi connectivity index (χ2v) is 6.42. The van der Waals surface area contributed by atoms with Gasteiger partial charge >= 0.3 is 0 Å². The highest BCUT2D eigenvalue weighted by Gasteiger charge is 2.26. The van der Waals surface area contributed by atoms with Crippen LogP contribution >= 0.6 is 15.9 Å². The fourth-order valence-corrected chi connectivity index (χ4v) is 3.10. The third-order valence-corrected chi connectivity index (χ3v) is 4.74. The van der Waals surface area contributed by atoms with Gasteiger partial charge in [-0.3, -0.25) is 0 Å². The summed E-state index contributed by atoms with van der Waals surface area (Å²) in [5.74, 6) is -0.376. The number of hydrogen-bond acceptors (Lipinski definition) is 2. The Morgan fingerprint density at radius 2 is 2.05 bits per heavy atom. The molecule has 1 aliphatic carbocycles. The minimum Gasteiger partial charge on any atom is -0.382 e. The molecule has 1 aliphatic rings. The first-order valence-electron chi connectivity index (χ1n) is 6.68. The summed E-state index contributed by atoms with van der Waals surface area (Å²) >= 11 is 3.13. The Labute approximate surface area is 122 Å². The van der Waals surface area contributed by atoms with Crippen molar-refractivity contribution in [1.82, 2.24) is 0 Å². The molecule has 0 heterocycles. The van der Waals surface area contributed by atoms with Crippen molar-refractivity contribution in [2.24, 2.45) is 5.41 Å². The number of nitrogens with zero attached hydrogens (tertiary/aromatic N) is 1. The van der Waals surface area contributed by atoms with Crippen molar-refractivity contribution in [2.75, 3.05) is 11.9 Å². The van der Waals surface area contributed by atoms with Gasteiger partial charge in [-0.15, -0.1) is 0 Å². The van der Waals surface area contributed by atoms with Crippen LogP contribution in [0.5, 0.6) is 0 Å². The van der Waals surface area contributed by atoms with Crippen molar-refractivity contribution in [3.63, 3.8) is 0 Å². The number of nitrogens with one attached hydrogen (secondary N) is 1. The molecule has 0 saturated heterocycles. The molecule has 0 radical (unpaired) electrons. The summed E-state index contributed by atoms with van der Waals surface area (Å²) in [6.45, 7) is 3.04. The van der Waals surface area contributed by atoms with Gasteiger partial charge in [-0.2, -0.15) is 5.26 Å². The molecule has 19 heavy (non-hydrogen) atoms. The molecule has 102 valence electrons. The van der Waals surface area contributed by atoms with E-state index in [1.165, 1.54) is 32.1 Å². The average molecular weight is 325 g/mol. The quantitative estimate of drug-likeness (QED) is 0.863. The van der Waals surface area contributed by atoms with Crippen molar-refractivity contribution in [3.8, 4) is 6.07 Å². The number of halogens is 2. The molecule has 0 amide bonds. The molecule has 0 unspecified atom stereocenters. The van der Waals surface area contributed by atoms with Crippen LogP contribution in [0.4, 0.5) is 10.1 Å². The van der Waals surface area contributed by atoms with E-state index in [9.17, 15) is 4.39 Å². The maximum absolute atomic E-state index is 14.1. The van der Waals surface area contributed by atoms with Gasteiger partial charge in [0.1, 0.15) is 6.07 Å². The Morgan fingerprint density at radius 3 is 2.68 bits per heavy atom. The van der Waals surface area contributed by atoms with E-state index in [1.54, 1.807) is 12.1 Å². The number of anilines is 1. The van der Waals surface area contributed by atoms with Gasteiger partial charge in [0, 0.05) is 6.54 Å². The van der Waals surface area contributed by atoms with Crippen LogP contribution in [0, 0.1) is 22.6 Å². The van der Waals surface area contributed by atoms with E-state index in [4.69, 9.17) is 5.26 Å². The molecule has 0 aliphatic heterocycles. The maximum Gasteiger partial charge on any atom is 0.161 e. The Kier molecular flexibility index (Phi) is 4.46. The predicted octanol–water partition coefficient (Wildman–Crippen LogP) is 4.84. The van der Waals surface area contributed by atoms with E-state index in [-0.39, 0.29) is 15.7 Å². The van der Waals surface area contributed by atoms with Crippen molar-refractivity contribution in [1.29, 1.82) is 5.26 Å². The van der Waals surface area contributed by atoms with Crippen molar-refractivity contribution in [3.05, 3.63) is 28.0 Å². The molecule has 0 aromatic heterocycles. The molecule has 1 fully saturated rings. The van der Waals surface area contributed by atoms with Crippen LogP contribution in [0.15, 0.2) is 16.6 Å². The van der Waals surface area contributed by atoms with Crippen LogP contribution in [-0.2, 0) is 0 Å². The van der Waals surface area contributed by atoms with Gasteiger partial charge in [0.15, 0.2) is 5.82 Å². The van der Waals surface area contributed by atoms with Crippen LogP contribution in [-0.4, -0.2) is 6.54 Å². The molecular formula is C15H18BrFN2. The van der Waals surface area contributed by atoms with Gasteiger partial charge in [0.25, 0.3) is 0 Å². The first-order chi connectivity index (χ1) is 9.06. The third-order valence-electron chi connectivity index (χ3n) is 3.97. The van der Waals surface area contributed by atoms with Crippen molar-refractivity contribution < 1.29 is 4.39 Å². The minimum atomic E-state index is -0.376. The predicted molar refractivity (Wildman–Crippen MR) is 78.5 cm³/mol. The first kappa shape index (κ1) is 14.3. The Bertz CT molecular complexity index is 502. The summed E-state index contributed by atoms with van der Waals surface area (Å²) < 4.78 is 14.3. The fourth-order valence-electron chi connectivity index (χ4n) is 2.66. The number of nitriles is 1. The smallest absolute Gasteiger partial charge is 0.161 e. The maximum atomic E-state index is 14.1. The van der Waals surface area contributed by atoms with Gasteiger partial charge < -0.3 is 5.32 Å². The molecule has 4 heteroatoms.